The molecule has 112 valence electrons. The first-order chi connectivity index (χ1) is 8.92. The van der Waals surface area contributed by atoms with Crippen LogP contribution in [0.4, 0.5) is 0 Å². The van der Waals surface area contributed by atoms with E-state index in [0.717, 1.165) is 31.6 Å². The molecule has 4 heteroatoms. The normalized spacial score (nSPS) is 22.4. The van der Waals surface area contributed by atoms with E-state index < -0.39 is 0 Å². The molecule has 2 N–H and O–H groups in total. The van der Waals surface area contributed by atoms with Gasteiger partial charge < -0.3 is 10.6 Å². The van der Waals surface area contributed by atoms with Gasteiger partial charge in [-0.15, -0.1) is 0 Å². The largest absolute Gasteiger partial charge is 0.357 e. The first-order valence-corrected chi connectivity index (χ1v) is 7.73. The van der Waals surface area contributed by atoms with Crippen molar-refractivity contribution in [2.24, 2.45) is 4.99 Å². The average molecular weight is 268 g/mol. The number of guanidine groups is 1. The van der Waals surface area contributed by atoms with Crippen molar-refractivity contribution in [2.75, 3.05) is 26.2 Å². The second-order valence-electron chi connectivity index (χ2n) is 6.52. The summed E-state index contributed by atoms with van der Waals surface area (Å²) in [6, 6.07) is 0.724. The Morgan fingerprint density at radius 3 is 2.63 bits per heavy atom. The summed E-state index contributed by atoms with van der Waals surface area (Å²) in [5, 5.41) is 6.73. The van der Waals surface area contributed by atoms with E-state index in [2.05, 4.69) is 55.1 Å². The fourth-order valence-corrected chi connectivity index (χ4v) is 2.44. The lowest BCUT2D eigenvalue weighted by molar-refractivity contribution is 0.165. The van der Waals surface area contributed by atoms with Gasteiger partial charge in [-0.1, -0.05) is 6.42 Å². The lowest BCUT2D eigenvalue weighted by Gasteiger charge is -2.32. The van der Waals surface area contributed by atoms with Gasteiger partial charge in [-0.3, -0.25) is 9.89 Å². The van der Waals surface area contributed by atoms with Crippen molar-refractivity contribution >= 4 is 5.96 Å². The van der Waals surface area contributed by atoms with E-state index in [0.29, 0.717) is 0 Å². The maximum atomic E-state index is 4.68. The Morgan fingerprint density at radius 2 is 2.05 bits per heavy atom. The summed E-state index contributed by atoms with van der Waals surface area (Å²) in [6.07, 6.45) is 4.06. The van der Waals surface area contributed by atoms with Gasteiger partial charge in [0.2, 0.25) is 0 Å². The number of nitrogens with one attached hydrogen (secondary N) is 2. The molecule has 0 aliphatic carbocycles. The molecule has 0 spiro atoms. The Morgan fingerprint density at radius 1 is 1.32 bits per heavy atom. The standard InChI is InChI=1S/C15H32N4/c1-6-16-14(18-15(3,4)5)17-10-12-19-11-8-7-9-13(19)2/h13H,6-12H2,1-5H3,(H2,16,17,18). The number of hydrogen-bond acceptors (Lipinski definition) is 2. The van der Waals surface area contributed by atoms with Crippen LogP contribution < -0.4 is 10.6 Å². The van der Waals surface area contributed by atoms with E-state index >= 15 is 0 Å². The van der Waals surface area contributed by atoms with Crippen LogP contribution in [-0.4, -0.2) is 48.6 Å². The summed E-state index contributed by atoms with van der Waals surface area (Å²) in [4.78, 5) is 7.24. The maximum Gasteiger partial charge on any atom is 0.191 e. The lowest BCUT2D eigenvalue weighted by atomic mass is 10.0. The highest BCUT2D eigenvalue weighted by Gasteiger charge is 2.17. The molecular weight excluding hydrogens is 236 g/mol. The highest BCUT2D eigenvalue weighted by atomic mass is 15.2. The van der Waals surface area contributed by atoms with Crippen molar-refractivity contribution in [3.63, 3.8) is 0 Å². The number of aliphatic imine (C=N–C) groups is 1. The van der Waals surface area contributed by atoms with Crippen LogP contribution in [0.2, 0.25) is 0 Å². The Labute approximate surface area is 119 Å². The van der Waals surface area contributed by atoms with Crippen molar-refractivity contribution in [1.82, 2.24) is 15.5 Å². The number of nitrogens with zero attached hydrogens (tertiary/aromatic N) is 2. The van der Waals surface area contributed by atoms with Gasteiger partial charge >= 0.3 is 0 Å². The molecule has 0 radical (unpaired) electrons. The first kappa shape index (κ1) is 16.3. The van der Waals surface area contributed by atoms with Gasteiger partial charge in [0.25, 0.3) is 0 Å². The van der Waals surface area contributed by atoms with Crippen molar-refractivity contribution < 1.29 is 0 Å². The second kappa shape index (κ2) is 7.73. The zero-order valence-electron chi connectivity index (χ0n) is 13.4. The fourth-order valence-electron chi connectivity index (χ4n) is 2.44. The highest BCUT2D eigenvalue weighted by molar-refractivity contribution is 5.80. The minimum Gasteiger partial charge on any atom is -0.357 e. The molecule has 0 saturated carbocycles. The van der Waals surface area contributed by atoms with Gasteiger partial charge in [0.15, 0.2) is 5.96 Å². The van der Waals surface area contributed by atoms with E-state index in [-0.39, 0.29) is 5.54 Å². The molecule has 19 heavy (non-hydrogen) atoms. The van der Waals surface area contributed by atoms with E-state index in [1.54, 1.807) is 0 Å². The molecule has 1 rings (SSSR count). The van der Waals surface area contributed by atoms with Crippen molar-refractivity contribution in [3.8, 4) is 0 Å². The predicted octanol–water partition coefficient (Wildman–Crippen LogP) is 2.21. The molecule has 1 aliphatic rings. The number of likely N-dealkylation sites (tertiary alicyclic amines) is 1. The Hall–Kier alpha value is -0.770. The van der Waals surface area contributed by atoms with E-state index in [1.165, 1.54) is 25.8 Å². The molecule has 0 aromatic rings. The third kappa shape index (κ3) is 6.81. The quantitative estimate of drug-likeness (QED) is 0.606. The smallest absolute Gasteiger partial charge is 0.191 e. The molecule has 1 fully saturated rings. The van der Waals surface area contributed by atoms with Gasteiger partial charge in [0.05, 0.1) is 6.54 Å². The summed E-state index contributed by atoms with van der Waals surface area (Å²) >= 11 is 0. The van der Waals surface area contributed by atoms with Gasteiger partial charge in [-0.25, -0.2) is 0 Å². The molecule has 1 atom stereocenters. The van der Waals surface area contributed by atoms with Crippen LogP contribution in [0.1, 0.15) is 53.9 Å². The summed E-state index contributed by atoms with van der Waals surface area (Å²) in [5.41, 5.74) is 0.0550. The zero-order chi connectivity index (χ0) is 14.3. The number of hydrogen-bond donors (Lipinski definition) is 2. The zero-order valence-corrected chi connectivity index (χ0v) is 13.4. The molecule has 0 aromatic heterocycles. The SMILES string of the molecule is CCNC(=NCCN1CCCCC1C)NC(C)(C)C. The summed E-state index contributed by atoms with van der Waals surface area (Å²) in [6.45, 7) is 15.0. The summed E-state index contributed by atoms with van der Waals surface area (Å²) in [5.74, 6) is 0.930. The molecule has 1 saturated heterocycles. The van der Waals surface area contributed by atoms with Gasteiger partial charge in [0.1, 0.15) is 0 Å². The Bertz CT molecular complexity index is 280. The molecule has 0 aromatic carbocycles. The Balaban J connectivity index is 2.41. The van der Waals surface area contributed by atoms with E-state index in [9.17, 15) is 0 Å². The minimum atomic E-state index is 0.0550. The van der Waals surface area contributed by atoms with Gasteiger partial charge in [-0.2, -0.15) is 0 Å². The van der Waals surface area contributed by atoms with Crippen LogP contribution >= 0.6 is 0 Å². The van der Waals surface area contributed by atoms with Crippen molar-refractivity contribution in [2.45, 2.75) is 65.5 Å². The molecule has 0 amide bonds. The average Bonchev–Trinajstić information content (AvgIpc) is 2.30. The lowest BCUT2D eigenvalue weighted by Crippen LogP contribution is -2.48. The van der Waals surface area contributed by atoms with Crippen molar-refractivity contribution in [1.29, 1.82) is 0 Å². The van der Waals surface area contributed by atoms with Gasteiger partial charge in [-0.05, 0) is 54.0 Å². The van der Waals surface area contributed by atoms with Crippen LogP contribution in [0.15, 0.2) is 4.99 Å². The minimum absolute atomic E-state index is 0.0550. The third-order valence-electron chi connectivity index (χ3n) is 3.44. The summed E-state index contributed by atoms with van der Waals surface area (Å²) < 4.78 is 0. The van der Waals surface area contributed by atoms with Crippen LogP contribution in [0.5, 0.6) is 0 Å². The highest BCUT2D eigenvalue weighted by Crippen LogP contribution is 2.15. The van der Waals surface area contributed by atoms with Gasteiger partial charge in [0, 0.05) is 24.7 Å². The Kier molecular flexibility index (Phi) is 6.63. The molecular formula is C15H32N4. The summed E-state index contributed by atoms with van der Waals surface area (Å²) in [7, 11) is 0. The molecule has 1 unspecified atom stereocenters. The van der Waals surface area contributed by atoms with E-state index in [1.807, 2.05) is 0 Å². The number of rotatable bonds is 4. The van der Waals surface area contributed by atoms with E-state index in [4.69, 9.17) is 0 Å². The van der Waals surface area contributed by atoms with Crippen LogP contribution in [0, 0.1) is 0 Å². The number of piperidine rings is 1. The van der Waals surface area contributed by atoms with Crippen LogP contribution in [0.3, 0.4) is 0 Å². The topological polar surface area (TPSA) is 39.7 Å². The van der Waals surface area contributed by atoms with Crippen LogP contribution in [0.25, 0.3) is 0 Å². The molecule has 1 aliphatic heterocycles. The van der Waals surface area contributed by atoms with Crippen LogP contribution in [-0.2, 0) is 0 Å². The second-order valence-corrected chi connectivity index (χ2v) is 6.52. The maximum absolute atomic E-state index is 4.68. The third-order valence-corrected chi connectivity index (χ3v) is 3.44. The first-order valence-electron chi connectivity index (χ1n) is 7.73. The molecule has 1 heterocycles. The van der Waals surface area contributed by atoms with Crippen molar-refractivity contribution in [3.05, 3.63) is 0 Å². The molecule has 4 nitrogen and oxygen atoms in total. The fraction of sp³-hybridized carbons (Fsp3) is 0.933. The predicted molar refractivity (Wildman–Crippen MR) is 83.8 cm³/mol. The monoisotopic (exact) mass is 268 g/mol. The molecule has 0 bridgehead atoms.